The maximum Gasteiger partial charge on any atom is 0.212 e. The molecular weight excluding hydrogens is 216 g/mol. The Hall–Kier alpha value is -1.48. The van der Waals surface area contributed by atoms with Crippen molar-refractivity contribution in [3.8, 4) is 5.75 Å². The Morgan fingerprint density at radius 1 is 1.53 bits per heavy atom. The van der Waals surface area contributed by atoms with Crippen LogP contribution in [0.5, 0.6) is 5.75 Å². The van der Waals surface area contributed by atoms with Crippen molar-refractivity contribution in [2.45, 2.75) is 13.3 Å². The molecule has 1 aromatic heterocycles. The summed E-state index contributed by atoms with van der Waals surface area (Å²) in [5.74, 6) is -0.317. The molecule has 0 bridgehead atoms. The largest absolute Gasteiger partial charge is 0.504 e. The number of halogens is 1. The molecule has 2 rings (SSSR count). The quantitative estimate of drug-likeness (QED) is 0.796. The van der Waals surface area contributed by atoms with E-state index in [1.807, 2.05) is 0 Å². The lowest BCUT2D eigenvalue weighted by atomic mass is 10.2. The van der Waals surface area contributed by atoms with Crippen LogP contribution in [0.25, 0.3) is 11.0 Å². The standard InChI is InChI=1S/C11H9ClO3/c1-2-8(13)11-10(14)7-4-3-6(12)5-9(7)15-11/h3-5,14H,2H2,1H3. The van der Waals surface area contributed by atoms with E-state index in [9.17, 15) is 9.90 Å². The van der Waals surface area contributed by atoms with Crippen molar-refractivity contribution in [1.29, 1.82) is 0 Å². The zero-order valence-corrected chi connectivity index (χ0v) is 8.84. The first-order chi connectivity index (χ1) is 7.13. The van der Waals surface area contributed by atoms with Gasteiger partial charge in [-0.25, -0.2) is 0 Å². The highest BCUT2D eigenvalue weighted by Crippen LogP contribution is 2.34. The van der Waals surface area contributed by atoms with Gasteiger partial charge in [-0.15, -0.1) is 0 Å². The molecule has 15 heavy (non-hydrogen) atoms. The number of Topliss-reactive ketones (excluding diaryl/α,β-unsaturated/α-hetero) is 1. The third kappa shape index (κ3) is 1.59. The smallest absolute Gasteiger partial charge is 0.212 e. The first-order valence-electron chi connectivity index (χ1n) is 4.57. The Morgan fingerprint density at radius 2 is 2.27 bits per heavy atom. The predicted molar refractivity (Wildman–Crippen MR) is 57.5 cm³/mol. The van der Waals surface area contributed by atoms with E-state index in [1.54, 1.807) is 25.1 Å². The van der Waals surface area contributed by atoms with Gasteiger partial charge in [0.05, 0.1) is 5.39 Å². The van der Waals surface area contributed by atoms with Crippen LogP contribution < -0.4 is 0 Å². The van der Waals surface area contributed by atoms with Crippen LogP contribution in [-0.2, 0) is 0 Å². The Bertz CT molecular complexity index is 528. The summed E-state index contributed by atoms with van der Waals surface area (Å²) >= 11 is 5.77. The number of ketones is 1. The summed E-state index contributed by atoms with van der Waals surface area (Å²) in [5.41, 5.74) is 0.428. The summed E-state index contributed by atoms with van der Waals surface area (Å²) in [7, 11) is 0. The monoisotopic (exact) mass is 224 g/mol. The second-order valence-corrected chi connectivity index (χ2v) is 3.63. The van der Waals surface area contributed by atoms with Crippen LogP contribution in [0.1, 0.15) is 23.9 Å². The zero-order chi connectivity index (χ0) is 11.0. The molecule has 1 N–H and O–H groups in total. The summed E-state index contributed by atoms with van der Waals surface area (Å²) in [4.78, 5) is 11.4. The van der Waals surface area contributed by atoms with Gasteiger partial charge in [0.2, 0.25) is 11.5 Å². The van der Waals surface area contributed by atoms with Gasteiger partial charge >= 0.3 is 0 Å². The molecule has 0 atom stereocenters. The lowest BCUT2D eigenvalue weighted by Gasteiger charge is -1.91. The van der Waals surface area contributed by atoms with Gasteiger partial charge in [-0.05, 0) is 12.1 Å². The van der Waals surface area contributed by atoms with Gasteiger partial charge in [0.1, 0.15) is 5.58 Å². The molecule has 0 aliphatic carbocycles. The number of rotatable bonds is 2. The fourth-order valence-electron chi connectivity index (χ4n) is 1.41. The van der Waals surface area contributed by atoms with Gasteiger partial charge in [-0.1, -0.05) is 18.5 Å². The van der Waals surface area contributed by atoms with Gasteiger partial charge in [0, 0.05) is 17.5 Å². The number of hydrogen-bond donors (Lipinski definition) is 1. The molecule has 0 radical (unpaired) electrons. The molecular formula is C11H9ClO3. The van der Waals surface area contributed by atoms with Crippen LogP contribution in [0, 0.1) is 0 Å². The minimum atomic E-state index is -0.222. The molecule has 0 aliphatic rings. The Morgan fingerprint density at radius 3 is 2.93 bits per heavy atom. The Balaban J connectivity index is 2.69. The summed E-state index contributed by atoms with van der Waals surface area (Å²) < 4.78 is 5.25. The number of benzene rings is 1. The van der Waals surface area contributed by atoms with Gasteiger partial charge in [0.15, 0.2) is 5.75 Å². The minimum absolute atomic E-state index is 0.00904. The average molecular weight is 225 g/mol. The summed E-state index contributed by atoms with van der Waals surface area (Å²) in [6.45, 7) is 1.71. The third-order valence-corrected chi connectivity index (χ3v) is 2.44. The van der Waals surface area contributed by atoms with E-state index in [1.165, 1.54) is 0 Å². The second-order valence-electron chi connectivity index (χ2n) is 3.20. The predicted octanol–water partition coefficient (Wildman–Crippen LogP) is 3.38. The molecule has 4 heteroatoms. The molecule has 78 valence electrons. The molecule has 0 saturated carbocycles. The van der Waals surface area contributed by atoms with Crippen LogP contribution in [0.3, 0.4) is 0 Å². The third-order valence-electron chi connectivity index (χ3n) is 2.20. The fraction of sp³-hybridized carbons (Fsp3) is 0.182. The average Bonchev–Trinajstić information content (AvgIpc) is 2.54. The number of aromatic hydroxyl groups is 1. The molecule has 1 heterocycles. The normalized spacial score (nSPS) is 10.8. The molecule has 0 spiro atoms. The highest BCUT2D eigenvalue weighted by molar-refractivity contribution is 6.31. The second kappa shape index (κ2) is 3.59. The van der Waals surface area contributed by atoms with Crippen LogP contribution in [0.15, 0.2) is 22.6 Å². The number of furan rings is 1. The molecule has 0 aliphatic heterocycles. The lowest BCUT2D eigenvalue weighted by Crippen LogP contribution is -1.93. The first-order valence-corrected chi connectivity index (χ1v) is 4.95. The molecule has 0 fully saturated rings. The van der Waals surface area contributed by atoms with E-state index in [0.717, 1.165) is 0 Å². The number of fused-ring (bicyclic) bond motifs is 1. The topological polar surface area (TPSA) is 50.4 Å². The maximum atomic E-state index is 11.4. The molecule has 0 unspecified atom stereocenters. The van der Waals surface area contributed by atoms with Crippen molar-refractivity contribution in [3.05, 3.63) is 29.0 Å². The Kier molecular flexibility index (Phi) is 2.40. The van der Waals surface area contributed by atoms with E-state index >= 15 is 0 Å². The highest BCUT2D eigenvalue weighted by Gasteiger charge is 2.18. The van der Waals surface area contributed by atoms with Gasteiger partial charge in [-0.3, -0.25) is 4.79 Å². The van der Waals surface area contributed by atoms with Crippen LogP contribution in [0.2, 0.25) is 5.02 Å². The van der Waals surface area contributed by atoms with Gasteiger partial charge in [-0.2, -0.15) is 0 Å². The van der Waals surface area contributed by atoms with E-state index in [0.29, 0.717) is 22.4 Å². The van der Waals surface area contributed by atoms with E-state index in [-0.39, 0.29) is 17.3 Å². The lowest BCUT2D eigenvalue weighted by molar-refractivity contribution is 0.0960. The van der Waals surface area contributed by atoms with E-state index in [2.05, 4.69) is 0 Å². The molecule has 0 saturated heterocycles. The van der Waals surface area contributed by atoms with Crippen molar-refractivity contribution in [3.63, 3.8) is 0 Å². The van der Waals surface area contributed by atoms with Gasteiger partial charge < -0.3 is 9.52 Å². The Labute approximate surface area is 91.3 Å². The van der Waals surface area contributed by atoms with Gasteiger partial charge in [0.25, 0.3) is 0 Å². The van der Waals surface area contributed by atoms with Crippen molar-refractivity contribution in [1.82, 2.24) is 0 Å². The van der Waals surface area contributed by atoms with Crippen molar-refractivity contribution >= 4 is 28.4 Å². The van der Waals surface area contributed by atoms with Crippen molar-refractivity contribution in [2.75, 3.05) is 0 Å². The maximum absolute atomic E-state index is 11.4. The number of carbonyl (C=O) groups is 1. The molecule has 2 aromatic rings. The SMILES string of the molecule is CCC(=O)c1oc2cc(Cl)ccc2c1O. The fourth-order valence-corrected chi connectivity index (χ4v) is 1.57. The summed E-state index contributed by atoms with van der Waals surface area (Å²) in [6, 6.07) is 4.84. The highest BCUT2D eigenvalue weighted by atomic mass is 35.5. The first kappa shape index (κ1) is 10.1. The summed E-state index contributed by atoms with van der Waals surface area (Å²) in [5, 5.41) is 10.7. The minimum Gasteiger partial charge on any atom is -0.504 e. The zero-order valence-electron chi connectivity index (χ0n) is 8.08. The molecule has 3 nitrogen and oxygen atoms in total. The van der Waals surface area contributed by atoms with Crippen molar-refractivity contribution < 1.29 is 14.3 Å². The van der Waals surface area contributed by atoms with Crippen LogP contribution >= 0.6 is 11.6 Å². The molecule has 1 aromatic carbocycles. The molecule has 0 amide bonds. The van der Waals surface area contributed by atoms with Crippen molar-refractivity contribution in [2.24, 2.45) is 0 Å². The summed E-state index contributed by atoms with van der Waals surface area (Å²) in [6.07, 6.45) is 0.293. The number of hydrogen-bond acceptors (Lipinski definition) is 3. The van der Waals surface area contributed by atoms with E-state index in [4.69, 9.17) is 16.0 Å². The van der Waals surface area contributed by atoms with Crippen LogP contribution in [-0.4, -0.2) is 10.9 Å². The number of carbonyl (C=O) groups excluding carboxylic acids is 1. The van der Waals surface area contributed by atoms with Crippen LogP contribution in [0.4, 0.5) is 0 Å². The van der Waals surface area contributed by atoms with E-state index < -0.39 is 0 Å².